The van der Waals surface area contributed by atoms with Crippen molar-refractivity contribution in [3.05, 3.63) is 46.5 Å². The monoisotopic (exact) mass is 350 g/mol. The van der Waals surface area contributed by atoms with Crippen LogP contribution in [0.25, 0.3) is 0 Å². The first kappa shape index (κ1) is 17.4. The number of Topliss-reactive ketones (excluding diaryl/α,β-unsaturated/α-hetero) is 1. The number of nitrogens with one attached hydrogen (secondary N) is 2. The number of furan rings is 1. The number of amides is 2. The van der Waals surface area contributed by atoms with Crippen LogP contribution in [0.15, 0.2) is 40.3 Å². The van der Waals surface area contributed by atoms with Crippen LogP contribution in [0.2, 0.25) is 0 Å². The molecule has 8 nitrogen and oxygen atoms in total. The second-order valence-corrected chi connectivity index (χ2v) is 5.49. The van der Waals surface area contributed by atoms with Gasteiger partial charge in [0.05, 0.1) is 17.6 Å². The second kappa shape index (κ2) is 8.63. The molecule has 0 bridgehead atoms. The maximum absolute atomic E-state index is 11.7. The molecule has 0 aliphatic carbocycles. The Kier molecular flexibility index (Phi) is 6.26. The van der Waals surface area contributed by atoms with Crippen molar-refractivity contribution in [3.8, 4) is 0 Å². The second-order valence-electron chi connectivity index (χ2n) is 4.54. The molecule has 2 amide bonds. The van der Waals surface area contributed by atoms with Crippen molar-refractivity contribution < 1.29 is 28.3 Å². The van der Waals surface area contributed by atoms with Crippen molar-refractivity contribution in [3.63, 3.8) is 0 Å². The van der Waals surface area contributed by atoms with Crippen molar-refractivity contribution >= 4 is 34.9 Å². The lowest BCUT2D eigenvalue weighted by molar-refractivity contribution is -0.148. The van der Waals surface area contributed by atoms with Crippen molar-refractivity contribution in [1.29, 1.82) is 0 Å². The average Bonchev–Trinajstić information content (AvgIpc) is 3.28. The predicted molar refractivity (Wildman–Crippen MR) is 83.2 cm³/mol. The zero-order valence-corrected chi connectivity index (χ0v) is 13.3. The zero-order chi connectivity index (χ0) is 17.4. The molecule has 0 unspecified atom stereocenters. The quantitative estimate of drug-likeness (QED) is 0.442. The summed E-state index contributed by atoms with van der Waals surface area (Å²) in [5.74, 6) is -2.15. The highest BCUT2D eigenvalue weighted by Crippen LogP contribution is 2.12. The highest BCUT2D eigenvalue weighted by atomic mass is 32.1. The zero-order valence-electron chi connectivity index (χ0n) is 12.4. The van der Waals surface area contributed by atoms with Crippen LogP contribution in [0.4, 0.5) is 0 Å². The van der Waals surface area contributed by atoms with E-state index in [0.29, 0.717) is 4.88 Å². The lowest BCUT2D eigenvalue weighted by Gasteiger charge is -2.06. The largest absolute Gasteiger partial charge is 0.459 e. The van der Waals surface area contributed by atoms with E-state index >= 15 is 0 Å². The molecule has 0 saturated carbocycles. The molecule has 9 heteroatoms. The third-order valence-corrected chi connectivity index (χ3v) is 3.69. The number of ether oxygens (including phenoxy) is 1. The van der Waals surface area contributed by atoms with Gasteiger partial charge in [-0.3, -0.25) is 30.0 Å². The van der Waals surface area contributed by atoms with Gasteiger partial charge in [-0.1, -0.05) is 6.07 Å². The Morgan fingerprint density at radius 1 is 1.08 bits per heavy atom. The van der Waals surface area contributed by atoms with Gasteiger partial charge < -0.3 is 9.15 Å². The minimum absolute atomic E-state index is 0.0101. The number of thiophene rings is 1. The summed E-state index contributed by atoms with van der Waals surface area (Å²) in [7, 11) is 0. The highest BCUT2D eigenvalue weighted by molar-refractivity contribution is 7.12. The molecule has 2 N–H and O–H groups in total. The maximum Gasteiger partial charge on any atom is 0.306 e. The molecule has 2 aromatic rings. The smallest absolute Gasteiger partial charge is 0.306 e. The van der Waals surface area contributed by atoms with Crippen molar-refractivity contribution in [1.82, 2.24) is 10.9 Å². The molecular formula is C15H14N2O6S. The SMILES string of the molecule is O=C(COC(=O)CCC(=O)c1cccs1)NNC(=O)c1ccco1. The standard InChI is InChI=1S/C15H14N2O6S/c18-10(12-4-2-8-24-12)5-6-14(20)23-9-13(19)16-17-15(21)11-3-1-7-22-11/h1-4,7-8H,5-6,9H2,(H,16,19)(H,17,21). The molecule has 0 saturated heterocycles. The fraction of sp³-hybridized carbons (Fsp3) is 0.200. The summed E-state index contributed by atoms with van der Waals surface area (Å²) in [4.78, 5) is 46.7. The number of carbonyl (C=O) groups excluding carboxylic acids is 4. The van der Waals surface area contributed by atoms with E-state index in [1.54, 1.807) is 17.5 Å². The Hall–Kier alpha value is -2.94. The molecule has 2 aromatic heterocycles. The molecule has 24 heavy (non-hydrogen) atoms. The number of carbonyl (C=O) groups is 4. The molecule has 126 valence electrons. The van der Waals surface area contributed by atoms with Crippen molar-refractivity contribution in [2.75, 3.05) is 6.61 Å². The summed E-state index contributed by atoms with van der Waals surface area (Å²) in [5.41, 5.74) is 4.17. The van der Waals surface area contributed by atoms with Crippen LogP contribution in [-0.4, -0.2) is 30.2 Å². The summed E-state index contributed by atoms with van der Waals surface area (Å²) in [6.07, 6.45) is 1.20. The van der Waals surface area contributed by atoms with Gasteiger partial charge in [-0.25, -0.2) is 0 Å². The molecular weight excluding hydrogens is 336 g/mol. The highest BCUT2D eigenvalue weighted by Gasteiger charge is 2.13. The molecule has 0 aliphatic rings. The number of hydrogen-bond donors (Lipinski definition) is 2. The topological polar surface area (TPSA) is 115 Å². The molecule has 0 radical (unpaired) electrons. The summed E-state index contributed by atoms with van der Waals surface area (Å²) >= 11 is 1.30. The number of rotatable bonds is 7. The lowest BCUT2D eigenvalue weighted by Crippen LogP contribution is -2.43. The molecule has 2 rings (SSSR count). The van der Waals surface area contributed by atoms with Gasteiger partial charge in [0.25, 0.3) is 5.91 Å². The summed E-state index contributed by atoms with van der Waals surface area (Å²) in [6.45, 7) is -0.565. The minimum atomic E-state index is -0.715. The van der Waals surface area contributed by atoms with Crippen LogP contribution in [0.3, 0.4) is 0 Å². The third-order valence-electron chi connectivity index (χ3n) is 2.78. The van der Waals surface area contributed by atoms with Gasteiger partial charge in [0.2, 0.25) is 0 Å². The first-order valence-corrected chi connectivity index (χ1v) is 7.79. The van der Waals surface area contributed by atoms with E-state index in [2.05, 4.69) is 10.9 Å². The van der Waals surface area contributed by atoms with Gasteiger partial charge in [-0.05, 0) is 23.6 Å². The Bertz CT molecular complexity index is 646. The van der Waals surface area contributed by atoms with E-state index in [9.17, 15) is 19.2 Å². The van der Waals surface area contributed by atoms with E-state index < -0.39 is 24.4 Å². The van der Waals surface area contributed by atoms with Gasteiger partial charge in [0, 0.05) is 6.42 Å². The Balaban J connectivity index is 1.61. The predicted octanol–water partition coefficient (Wildman–Crippen LogP) is 1.31. The van der Waals surface area contributed by atoms with Crippen LogP contribution >= 0.6 is 11.3 Å². The summed E-state index contributed by atoms with van der Waals surface area (Å²) in [5, 5.41) is 1.77. The van der Waals surface area contributed by atoms with E-state index in [-0.39, 0.29) is 24.4 Å². The van der Waals surface area contributed by atoms with Crippen LogP contribution in [0.1, 0.15) is 33.1 Å². The minimum Gasteiger partial charge on any atom is -0.459 e. The van der Waals surface area contributed by atoms with E-state index in [4.69, 9.17) is 9.15 Å². The molecule has 0 spiro atoms. The van der Waals surface area contributed by atoms with Crippen LogP contribution in [-0.2, 0) is 14.3 Å². The Morgan fingerprint density at radius 2 is 1.92 bits per heavy atom. The lowest BCUT2D eigenvalue weighted by atomic mass is 10.2. The van der Waals surface area contributed by atoms with E-state index in [1.165, 1.54) is 29.7 Å². The summed E-state index contributed by atoms with van der Waals surface area (Å²) in [6, 6.07) is 6.37. The normalized spacial score (nSPS) is 10.0. The summed E-state index contributed by atoms with van der Waals surface area (Å²) < 4.78 is 9.55. The van der Waals surface area contributed by atoms with Crippen LogP contribution in [0.5, 0.6) is 0 Å². The number of ketones is 1. The number of esters is 1. The fourth-order valence-corrected chi connectivity index (χ4v) is 2.32. The van der Waals surface area contributed by atoms with E-state index in [1.807, 2.05) is 0 Å². The molecule has 2 heterocycles. The van der Waals surface area contributed by atoms with Gasteiger partial charge in [0.1, 0.15) is 0 Å². The third kappa shape index (κ3) is 5.36. The van der Waals surface area contributed by atoms with Gasteiger partial charge in [-0.2, -0.15) is 0 Å². The van der Waals surface area contributed by atoms with E-state index in [0.717, 1.165) is 0 Å². The Labute approximate surface area is 140 Å². The average molecular weight is 350 g/mol. The molecule has 0 aliphatic heterocycles. The van der Waals surface area contributed by atoms with Gasteiger partial charge in [-0.15, -0.1) is 11.3 Å². The fourth-order valence-electron chi connectivity index (χ4n) is 1.63. The Morgan fingerprint density at radius 3 is 2.58 bits per heavy atom. The number of hydrogen-bond acceptors (Lipinski definition) is 7. The molecule has 0 fully saturated rings. The van der Waals surface area contributed by atoms with Crippen LogP contribution in [0, 0.1) is 0 Å². The number of hydrazine groups is 1. The van der Waals surface area contributed by atoms with Gasteiger partial charge in [0.15, 0.2) is 18.2 Å². The van der Waals surface area contributed by atoms with Crippen LogP contribution < -0.4 is 10.9 Å². The van der Waals surface area contributed by atoms with Crippen molar-refractivity contribution in [2.45, 2.75) is 12.8 Å². The molecule has 0 atom stereocenters. The first-order chi connectivity index (χ1) is 11.6. The van der Waals surface area contributed by atoms with Gasteiger partial charge >= 0.3 is 11.9 Å². The maximum atomic E-state index is 11.7. The molecule has 0 aromatic carbocycles. The first-order valence-electron chi connectivity index (χ1n) is 6.91. The van der Waals surface area contributed by atoms with Crippen molar-refractivity contribution in [2.24, 2.45) is 0 Å².